The van der Waals surface area contributed by atoms with Gasteiger partial charge in [0.05, 0.1) is 22.8 Å². The Bertz CT molecular complexity index is 2390. The predicted molar refractivity (Wildman–Crippen MR) is 185 cm³/mol. The highest BCUT2D eigenvalue weighted by Crippen LogP contribution is 2.35. The van der Waals surface area contributed by atoms with Crippen molar-refractivity contribution in [3.05, 3.63) is 120 Å². The quantitative estimate of drug-likeness (QED) is 0.206. The standard InChI is InChI=1S/C40H34N4/c1-5-43-38-14-10-8-12-30(38)32-23-27(16-18-39(32)43)33-19-25(3)21-35(41-33)36-22-26(4)20-34(42-36)28-15-17-31-29-11-7-9-13-37(29)44(6-2)40(31)24-28/h7-24H,5-6H2,1-4H3. The number of rotatable bonds is 5. The molecule has 0 aliphatic rings. The molecule has 8 aromatic rings. The van der Waals surface area contributed by atoms with Gasteiger partial charge in [0.2, 0.25) is 0 Å². The molecule has 214 valence electrons. The lowest BCUT2D eigenvalue weighted by Crippen LogP contribution is -1.96. The van der Waals surface area contributed by atoms with Gasteiger partial charge in [0.25, 0.3) is 0 Å². The van der Waals surface area contributed by atoms with Gasteiger partial charge in [-0.05, 0) is 93.4 Å². The number of hydrogen-bond donors (Lipinski definition) is 0. The van der Waals surface area contributed by atoms with Crippen LogP contribution in [0.1, 0.15) is 25.0 Å². The van der Waals surface area contributed by atoms with E-state index in [1.165, 1.54) is 54.7 Å². The second-order valence-electron chi connectivity index (χ2n) is 11.8. The Kier molecular flexibility index (Phi) is 6.12. The van der Waals surface area contributed by atoms with E-state index < -0.39 is 0 Å². The SMILES string of the molecule is CCn1c2ccccc2c2cc(-c3cc(C)cc(-c4cc(C)cc(-c5ccc6c7ccccc7n(CC)c6c5)n4)n3)ccc21. The van der Waals surface area contributed by atoms with E-state index in [0.717, 1.165) is 47.0 Å². The Labute approximate surface area is 257 Å². The summed E-state index contributed by atoms with van der Waals surface area (Å²) in [6.07, 6.45) is 0. The molecule has 44 heavy (non-hydrogen) atoms. The fourth-order valence-electron chi connectivity index (χ4n) is 7.00. The maximum absolute atomic E-state index is 5.20. The van der Waals surface area contributed by atoms with Crippen LogP contribution in [0.25, 0.3) is 77.5 Å². The topological polar surface area (TPSA) is 35.6 Å². The van der Waals surface area contributed by atoms with Crippen molar-refractivity contribution in [2.45, 2.75) is 40.8 Å². The molecule has 0 aliphatic carbocycles. The van der Waals surface area contributed by atoms with Gasteiger partial charge >= 0.3 is 0 Å². The van der Waals surface area contributed by atoms with Crippen LogP contribution in [-0.4, -0.2) is 19.1 Å². The number of aromatic nitrogens is 4. The highest BCUT2D eigenvalue weighted by molar-refractivity contribution is 6.10. The minimum atomic E-state index is 0.893. The lowest BCUT2D eigenvalue weighted by atomic mass is 10.0. The molecule has 0 amide bonds. The van der Waals surface area contributed by atoms with Crippen molar-refractivity contribution in [1.82, 2.24) is 19.1 Å². The molecule has 0 bridgehead atoms. The third kappa shape index (κ3) is 4.13. The molecule has 0 radical (unpaired) electrons. The van der Waals surface area contributed by atoms with Crippen molar-refractivity contribution in [3.63, 3.8) is 0 Å². The fraction of sp³-hybridized carbons (Fsp3) is 0.150. The van der Waals surface area contributed by atoms with E-state index in [9.17, 15) is 0 Å². The van der Waals surface area contributed by atoms with Crippen LogP contribution in [0, 0.1) is 13.8 Å². The van der Waals surface area contributed by atoms with Gasteiger partial charge in [-0.15, -0.1) is 0 Å². The highest BCUT2D eigenvalue weighted by atomic mass is 15.0. The molecule has 0 saturated carbocycles. The molecule has 4 heteroatoms. The van der Waals surface area contributed by atoms with Gasteiger partial charge in [0.1, 0.15) is 0 Å². The molecule has 0 aliphatic heterocycles. The monoisotopic (exact) mass is 570 g/mol. The first-order valence-electron chi connectivity index (χ1n) is 15.5. The van der Waals surface area contributed by atoms with Crippen molar-refractivity contribution in [2.75, 3.05) is 0 Å². The molecule has 0 N–H and O–H groups in total. The smallest absolute Gasteiger partial charge is 0.0896 e. The number of aryl methyl sites for hydroxylation is 4. The summed E-state index contributed by atoms with van der Waals surface area (Å²) >= 11 is 0. The van der Waals surface area contributed by atoms with Crippen LogP contribution in [0.15, 0.2) is 109 Å². The van der Waals surface area contributed by atoms with Gasteiger partial charge in [-0.1, -0.05) is 54.6 Å². The second-order valence-corrected chi connectivity index (χ2v) is 11.8. The lowest BCUT2D eigenvalue weighted by molar-refractivity contribution is 0.827. The van der Waals surface area contributed by atoms with E-state index in [2.05, 4.69) is 146 Å². The Morgan fingerprint density at radius 1 is 0.432 bits per heavy atom. The van der Waals surface area contributed by atoms with Crippen LogP contribution < -0.4 is 0 Å². The van der Waals surface area contributed by atoms with Gasteiger partial charge in [-0.2, -0.15) is 0 Å². The van der Waals surface area contributed by atoms with Crippen molar-refractivity contribution in [1.29, 1.82) is 0 Å². The van der Waals surface area contributed by atoms with Crippen LogP contribution in [-0.2, 0) is 13.1 Å². The largest absolute Gasteiger partial charge is 0.341 e. The molecule has 0 unspecified atom stereocenters. The van der Waals surface area contributed by atoms with Crippen molar-refractivity contribution in [2.24, 2.45) is 0 Å². The van der Waals surface area contributed by atoms with Gasteiger partial charge in [0, 0.05) is 67.8 Å². The maximum atomic E-state index is 5.20. The Morgan fingerprint density at radius 2 is 0.886 bits per heavy atom. The van der Waals surface area contributed by atoms with E-state index >= 15 is 0 Å². The third-order valence-electron chi connectivity index (χ3n) is 8.97. The van der Waals surface area contributed by atoms with Crippen LogP contribution in [0.4, 0.5) is 0 Å². The van der Waals surface area contributed by atoms with E-state index in [-0.39, 0.29) is 0 Å². The molecule has 0 spiro atoms. The molecular formula is C40H34N4. The number of pyridine rings is 2. The zero-order valence-corrected chi connectivity index (χ0v) is 25.6. The molecular weight excluding hydrogens is 536 g/mol. The molecule has 0 fully saturated rings. The molecule has 4 aromatic carbocycles. The van der Waals surface area contributed by atoms with Crippen LogP contribution >= 0.6 is 0 Å². The molecule has 4 nitrogen and oxygen atoms in total. The molecule has 0 atom stereocenters. The number of para-hydroxylation sites is 2. The number of fused-ring (bicyclic) bond motifs is 6. The summed E-state index contributed by atoms with van der Waals surface area (Å²) in [6.45, 7) is 10.6. The van der Waals surface area contributed by atoms with E-state index in [1.54, 1.807) is 0 Å². The number of benzene rings is 4. The number of hydrogen-bond acceptors (Lipinski definition) is 2. The van der Waals surface area contributed by atoms with Gasteiger partial charge in [-0.25, -0.2) is 9.97 Å². The normalized spacial score (nSPS) is 11.8. The summed E-state index contributed by atoms with van der Waals surface area (Å²) in [6, 6.07) is 39.5. The Hall–Kier alpha value is -5.22. The maximum Gasteiger partial charge on any atom is 0.0896 e. The molecule has 4 heterocycles. The Balaban J connectivity index is 1.24. The zero-order valence-electron chi connectivity index (χ0n) is 25.6. The zero-order chi connectivity index (χ0) is 29.9. The summed E-state index contributed by atoms with van der Waals surface area (Å²) in [5.74, 6) is 0. The minimum absolute atomic E-state index is 0.893. The third-order valence-corrected chi connectivity index (χ3v) is 8.97. The number of nitrogens with zero attached hydrogens (tertiary/aromatic N) is 4. The average Bonchev–Trinajstić information content (AvgIpc) is 3.55. The van der Waals surface area contributed by atoms with E-state index in [4.69, 9.17) is 9.97 Å². The van der Waals surface area contributed by atoms with Gasteiger partial charge < -0.3 is 9.13 Å². The summed E-state index contributed by atoms with van der Waals surface area (Å²) in [7, 11) is 0. The first kappa shape index (κ1) is 26.4. The van der Waals surface area contributed by atoms with Crippen LogP contribution in [0.5, 0.6) is 0 Å². The summed E-state index contributed by atoms with van der Waals surface area (Å²) < 4.78 is 4.78. The van der Waals surface area contributed by atoms with E-state index in [1.807, 2.05) is 0 Å². The van der Waals surface area contributed by atoms with Gasteiger partial charge in [-0.3, -0.25) is 0 Å². The van der Waals surface area contributed by atoms with Crippen LogP contribution in [0.3, 0.4) is 0 Å². The fourth-order valence-corrected chi connectivity index (χ4v) is 7.00. The Morgan fingerprint density at radius 3 is 1.50 bits per heavy atom. The highest BCUT2D eigenvalue weighted by Gasteiger charge is 2.15. The first-order valence-corrected chi connectivity index (χ1v) is 15.5. The molecule has 0 saturated heterocycles. The van der Waals surface area contributed by atoms with Crippen molar-refractivity contribution < 1.29 is 0 Å². The lowest BCUT2D eigenvalue weighted by Gasteiger charge is -2.11. The minimum Gasteiger partial charge on any atom is -0.341 e. The van der Waals surface area contributed by atoms with Crippen molar-refractivity contribution in [3.8, 4) is 33.9 Å². The van der Waals surface area contributed by atoms with Gasteiger partial charge in [0.15, 0.2) is 0 Å². The predicted octanol–water partition coefficient (Wildman–Crippen LogP) is 10.4. The molecule has 8 rings (SSSR count). The van der Waals surface area contributed by atoms with Crippen molar-refractivity contribution >= 4 is 43.6 Å². The summed E-state index contributed by atoms with van der Waals surface area (Å²) in [5, 5.41) is 5.12. The van der Waals surface area contributed by atoms with E-state index in [0.29, 0.717) is 0 Å². The average molecular weight is 571 g/mol. The summed E-state index contributed by atoms with van der Waals surface area (Å²) in [4.78, 5) is 10.4. The molecule has 4 aromatic heterocycles. The first-order chi connectivity index (χ1) is 21.5. The second kappa shape index (κ2) is 10.2. The summed E-state index contributed by atoms with van der Waals surface area (Å²) in [5.41, 5.74) is 13.3. The van der Waals surface area contributed by atoms with Crippen LogP contribution in [0.2, 0.25) is 0 Å².